The number of rotatable bonds is 3. The van der Waals surface area contributed by atoms with Crippen LogP contribution in [0.4, 0.5) is 4.39 Å². The van der Waals surface area contributed by atoms with Crippen LogP contribution in [-0.2, 0) is 9.53 Å². The van der Waals surface area contributed by atoms with Gasteiger partial charge in [-0.1, -0.05) is 17.7 Å². The molecule has 0 unspecified atom stereocenters. The molecule has 124 valence electrons. The Kier molecular flexibility index (Phi) is 4.82. The molecule has 2 aliphatic rings. The van der Waals surface area contributed by atoms with Crippen molar-refractivity contribution in [2.24, 2.45) is 0 Å². The number of ether oxygens (including phenoxy) is 1. The zero-order chi connectivity index (χ0) is 16.4. The van der Waals surface area contributed by atoms with Gasteiger partial charge in [0.25, 0.3) is 5.91 Å². The molecule has 0 aromatic heterocycles. The number of carbonyl (C=O) groups is 2. The van der Waals surface area contributed by atoms with Crippen LogP contribution in [0, 0.1) is 5.82 Å². The van der Waals surface area contributed by atoms with Crippen molar-refractivity contribution in [1.82, 2.24) is 10.2 Å². The highest BCUT2D eigenvalue weighted by Gasteiger charge is 2.38. The fourth-order valence-corrected chi connectivity index (χ4v) is 3.54. The third-order valence-electron chi connectivity index (χ3n) is 4.39. The van der Waals surface area contributed by atoms with Gasteiger partial charge in [0.2, 0.25) is 5.91 Å². The third-order valence-corrected chi connectivity index (χ3v) is 4.71. The Balaban J connectivity index is 1.61. The second kappa shape index (κ2) is 6.84. The number of carbonyl (C=O) groups excluding carboxylic acids is 2. The van der Waals surface area contributed by atoms with Gasteiger partial charge in [0.15, 0.2) is 0 Å². The van der Waals surface area contributed by atoms with Crippen LogP contribution in [0.5, 0.6) is 0 Å². The maximum absolute atomic E-state index is 13.7. The summed E-state index contributed by atoms with van der Waals surface area (Å²) in [7, 11) is 0. The molecular formula is C16H18ClFN2O3. The largest absolute Gasteiger partial charge is 0.374 e. The molecule has 1 aliphatic heterocycles. The van der Waals surface area contributed by atoms with Crippen LogP contribution in [-0.4, -0.2) is 48.6 Å². The number of nitrogens with one attached hydrogen (secondary N) is 1. The molecule has 7 heteroatoms. The number of halogens is 2. The summed E-state index contributed by atoms with van der Waals surface area (Å²) in [5, 5.41) is 2.49. The van der Waals surface area contributed by atoms with Crippen molar-refractivity contribution in [3.05, 3.63) is 34.6 Å². The molecule has 23 heavy (non-hydrogen) atoms. The summed E-state index contributed by atoms with van der Waals surface area (Å²) >= 11 is 5.85. The lowest BCUT2D eigenvalue weighted by atomic mass is 10.1. The molecule has 5 nitrogen and oxygen atoms in total. The standard InChI is InChI=1S/C16H18ClFN2O3/c17-10-3-1-4-11(18)15(10)16(22)19-9-14(21)20-7-8-23-13-6-2-5-12(13)20/h1,3-4,12-13H,2,5-9H2,(H,19,22)/t12-,13-/m1/s1. The predicted octanol–water partition coefficient (Wildman–Crippen LogP) is 1.99. The molecule has 2 fully saturated rings. The molecule has 0 radical (unpaired) electrons. The van der Waals surface area contributed by atoms with Crippen LogP contribution in [0.2, 0.25) is 5.02 Å². The van der Waals surface area contributed by atoms with Crippen molar-refractivity contribution >= 4 is 23.4 Å². The van der Waals surface area contributed by atoms with E-state index in [9.17, 15) is 14.0 Å². The van der Waals surface area contributed by atoms with Crippen LogP contribution in [0.15, 0.2) is 18.2 Å². The first-order chi connectivity index (χ1) is 11.1. The van der Waals surface area contributed by atoms with Crippen LogP contribution in [0.3, 0.4) is 0 Å². The minimum atomic E-state index is -0.704. The van der Waals surface area contributed by atoms with Gasteiger partial charge >= 0.3 is 0 Å². The van der Waals surface area contributed by atoms with Gasteiger partial charge in [0.1, 0.15) is 5.82 Å². The Hall–Kier alpha value is -1.66. The fraction of sp³-hybridized carbons (Fsp3) is 0.500. The third kappa shape index (κ3) is 3.33. The first-order valence-corrected chi connectivity index (χ1v) is 8.09. The SMILES string of the molecule is O=C(NCC(=O)N1CCO[C@@H]2CCC[C@H]21)c1c(F)cccc1Cl. The Morgan fingerprint density at radius 2 is 2.22 bits per heavy atom. The second-order valence-electron chi connectivity index (χ2n) is 5.77. The first-order valence-electron chi connectivity index (χ1n) is 7.71. The van der Waals surface area contributed by atoms with Crippen molar-refractivity contribution in [3.63, 3.8) is 0 Å². The molecule has 1 saturated heterocycles. The van der Waals surface area contributed by atoms with Crippen LogP contribution >= 0.6 is 11.6 Å². The Morgan fingerprint density at radius 1 is 1.39 bits per heavy atom. The van der Waals surface area contributed by atoms with Gasteiger partial charge in [-0.2, -0.15) is 0 Å². The average Bonchev–Trinajstić information content (AvgIpc) is 3.00. The van der Waals surface area contributed by atoms with E-state index in [-0.39, 0.29) is 35.2 Å². The number of morpholine rings is 1. The smallest absolute Gasteiger partial charge is 0.256 e. The summed E-state index contributed by atoms with van der Waals surface area (Å²) < 4.78 is 19.4. The number of hydrogen-bond donors (Lipinski definition) is 1. The van der Waals surface area contributed by atoms with E-state index in [2.05, 4.69) is 5.32 Å². The number of amides is 2. The Labute approximate surface area is 138 Å². The lowest BCUT2D eigenvalue weighted by Gasteiger charge is -2.37. The van der Waals surface area contributed by atoms with Crippen molar-refractivity contribution in [1.29, 1.82) is 0 Å². The predicted molar refractivity (Wildman–Crippen MR) is 82.8 cm³/mol. The zero-order valence-corrected chi connectivity index (χ0v) is 13.3. The zero-order valence-electron chi connectivity index (χ0n) is 12.6. The molecule has 2 amide bonds. The molecule has 1 saturated carbocycles. The van der Waals surface area contributed by atoms with Crippen molar-refractivity contribution in [2.45, 2.75) is 31.4 Å². The van der Waals surface area contributed by atoms with Gasteiger partial charge < -0.3 is 15.0 Å². The average molecular weight is 341 g/mol. The Bertz CT molecular complexity index is 605. The van der Waals surface area contributed by atoms with E-state index in [0.717, 1.165) is 25.3 Å². The quantitative estimate of drug-likeness (QED) is 0.915. The molecule has 1 aliphatic carbocycles. The van der Waals surface area contributed by atoms with Gasteiger partial charge in [0.05, 0.1) is 35.9 Å². The van der Waals surface area contributed by atoms with Crippen molar-refractivity contribution in [3.8, 4) is 0 Å². The minimum Gasteiger partial charge on any atom is -0.374 e. The lowest BCUT2D eigenvalue weighted by Crippen LogP contribution is -2.53. The molecule has 1 heterocycles. The first kappa shape index (κ1) is 16.2. The molecule has 2 atom stereocenters. The highest BCUT2D eigenvalue weighted by Crippen LogP contribution is 2.29. The molecule has 1 N–H and O–H groups in total. The van der Waals surface area contributed by atoms with E-state index < -0.39 is 11.7 Å². The molecule has 1 aromatic carbocycles. The minimum absolute atomic E-state index is 0.0252. The van der Waals surface area contributed by atoms with Gasteiger partial charge in [-0.3, -0.25) is 9.59 Å². The molecule has 1 aromatic rings. The van der Waals surface area contributed by atoms with E-state index in [1.807, 2.05) is 0 Å². The fourth-order valence-electron chi connectivity index (χ4n) is 3.30. The summed E-state index contributed by atoms with van der Waals surface area (Å²) in [6.07, 6.45) is 3.02. The second-order valence-corrected chi connectivity index (χ2v) is 6.18. The number of hydrogen-bond acceptors (Lipinski definition) is 3. The van der Waals surface area contributed by atoms with Gasteiger partial charge in [0, 0.05) is 6.54 Å². The number of fused-ring (bicyclic) bond motifs is 1. The molecular weight excluding hydrogens is 323 g/mol. The summed E-state index contributed by atoms with van der Waals surface area (Å²) in [4.78, 5) is 26.2. The maximum Gasteiger partial charge on any atom is 0.256 e. The highest BCUT2D eigenvalue weighted by atomic mass is 35.5. The lowest BCUT2D eigenvalue weighted by molar-refractivity contribution is -0.142. The molecule has 3 rings (SSSR count). The topological polar surface area (TPSA) is 58.6 Å². The number of nitrogens with zero attached hydrogens (tertiary/aromatic N) is 1. The van der Waals surface area contributed by atoms with Crippen molar-refractivity contribution in [2.75, 3.05) is 19.7 Å². The summed E-state index contributed by atoms with van der Waals surface area (Å²) in [6.45, 7) is 0.864. The van der Waals surface area contributed by atoms with Crippen LogP contribution in [0.25, 0.3) is 0 Å². The summed E-state index contributed by atoms with van der Waals surface area (Å²) in [6, 6.07) is 4.11. The van der Waals surface area contributed by atoms with Crippen LogP contribution in [0.1, 0.15) is 29.6 Å². The van der Waals surface area contributed by atoms with Gasteiger partial charge in [-0.25, -0.2) is 4.39 Å². The Morgan fingerprint density at radius 3 is 3.00 bits per heavy atom. The van der Waals surface area contributed by atoms with Gasteiger partial charge in [-0.15, -0.1) is 0 Å². The molecule has 0 spiro atoms. The molecule has 0 bridgehead atoms. The van der Waals surface area contributed by atoms with E-state index >= 15 is 0 Å². The summed E-state index contributed by atoms with van der Waals surface area (Å²) in [5.74, 6) is -1.56. The van der Waals surface area contributed by atoms with E-state index in [4.69, 9.17) is 16.3 Å². The van der Waals surface area contributed by atoms with Crippen molar-refractivity contribution < 1.29 is 18.7 Å². The van der Waals surface area contributed by atoms with E-state index in [0.29, 0.717) is 13.2 Å². The number of benzene rings is 1. The highest BCUT2D eigenvalue weighted by molar-refractivity contribution is 6.33. The van der Waals surface area contributed by atoms with E-state index in [1.165, 1.54) is 12.1 Å². The summed E-state index contributed by atoms with van der Waals surface area (Å²) in [5.41, 5.74) is -0.234. The maximum atomic E-state index is 13.7. The van der Waals surface area contributed by atoms with Gasteiger partial charge in [-0.05, 0) is 31.4 Å². The van der Waals surface area contributed by atoms with Crippen LogP contribution < -0.4 is 5.32 Å². The van der Waals surface area contributed by atoms with E-state index in [1.54, 1.807) is 4.90 Å². The normalized spacial score (nSPS) is 23.5. The monoisotopic (exact) mass is 340 g/mol.